The predicted octanol–water partition coefficient (Wildman–Crippen LogP) is 4.48. The number of aromatic nitrogens is 1. The molecule has 23 heavy (non-hydrogen) atoms. The topological polar surface area (TPSA) is 40.2 Å². The van der Waals surface area contributed by atoms with Gasteiger partial charge in [-0.25, -0.2) is 17.6 Å². The third kappa shape index (κ3) is 2.65. The van der Waals surface area contributed by atoms with E-state index in [9.17, 15) is 17.6 Å². The Balaban J connectivity index is 1.94. The van der Waals surface area contributed by atoms with Gasteiger partial charge in [0.2, 0.25) is 0 Å². The maximum absolute atomic E-state index is 13.5. The molecule has 0 bridgehead atoms. The van der Waals surface area contributed by atoms with E-state index in [1.165, 1.54) is 6.21 Å². The van der Waals surface area contributed by atoms with Crippen LogP contribution in [0.1, 0.15) is 11.3 Å². The van der Waals surface area contributed by atoms with Crippen molar-refractivity contribution >= 4 is 22.8 Å². The van der Waals surface area contributed by atoms with E-state index < -0.39 is 29.0 Å². The minimum absolute atomic E-state index is 0.142. The lowest BCUT2D eigenvalue weighted by Gasteiger charge is -2.05. The highest BCUT2D eigenvalue weighted by atomic mass is 19.2. The summed E-state index contributed by atoms with van der Waals surface area (Å²) in [6, 6.07) is 7.56. The molecule has 3 aromatic rings. The second-order valence-electron chi connectivity index (χ2n) is 4.92. The van der Waals surface area contributed by atoms with Crippen LogP contribution in [0.4, 0.5) is 23.2 Å². The summed E-state index contributed by atoms with van der Waals surface area (Å²) in [5, 5.41) is 4.55. The van der Waals surface area contributed by atoms with Gasteiger partial charge in [0.25, 0.3) is 0 Å². The van der Waals surface area contributed by atoms with Crippen molar-refractivity contribution in [3.63, 3.8) is 0 Å². The summed E-state index contributed by atoms with van der Waals surface area (Å²) in [7, 11) is 0. The molecule has 0 spiro atoms. The summed E-state index contributed by atoms with van der Waals surface area (Å²) in [6.45, 7) is 1.81. The number of hydrogen-bond donors (Lipinski definition) is 2. The van der Waals surface area contributed by atoms with Crippen molar-refractivity contribution in [3.8, 4) is 0 Å². The Morgan fingerprint density at radius 1 is 1.04 bits per heavy atom. The van der Waals surface area contributed by atoms with Gasteiger partial charge in [0.05, 0.1) is 6.21 Å². The number of aromatic amines is 1. The Bertz CT molecular complexity index is 889. The molecule has 0 amide bonds. The predicted molar refractivity (Wildman–Crippen MR) is 80.5 cm³/mol. The molecule has 118 valence electrons. The average molecular weight is 321 g/mol. The van der Waals surface area contributed by atoms with Crippen molar-refractivity contribution in [2.75, 3.05) is 5.43 Å². The van der Waals surface area contributed by atoms with Crippen molar-refractivity contribution in [1.29, 1.82) is 0 Å². The van der Waals surface area contributed by atoms with E-state index in [2.05, 4.69) is 10.1 Å². The molecule has 0 aliphatic carbocycles. The number of hydrogen-bond acceptors (Lipinski definition) is 2. The van der Waals surface area contributed by atoms with Crippen LogP contribution >= 0.6 is 0 Å². The van der Waals surface area contributed by atoms with Gasteiger partial charge in [-0.3, -0.25) is 5.43 Å². The molecule has 3 rings (SSSR count). The molecule has 0 aliphatic rings. The van der Waals surface area contributed by atoms with Crippen molar-refractivity contribution in [1.82, 2.24) is 4.98 Å². The van der Waals surface area contributed by atoms with E-state index in [0.717, 1.165) is 16.6 Å². The van der Waals surface area contributed by atoms with Crippen LogP contribution in [-0.4, -0.2) is 11.2 Å². The molecule has 1 heterocycles. The van der Waals surface area contributed by atoms with Crippen LogP contribution in [0.15, 0.2) is 35.4 Å². The Morgan fingerprint density at radius 2 is 1.70 bits per heavy atom. The molecule has 2 N–H and O–H groups in total. The SMILES string of the molecule is Cc1[nH]c2ccccc2c1C=NNc1c(F)c(F)cc(F)c1F. The maximum Gasteiger partial charge on any atom is 0.186 e. The van der Waals surface area contributed by atoms with Gasteiger partial charge in [-0.1, -0.05) is 18.2 Å². The number of nitrogens with one attached hydrogen (secondary N) is 2. The van der Waals surface area contributed by atoms with Crippen LogP contribution in [-0.2, 0) is 0 Å². The average Bonchev–Trinajstić information content (AvgIpc) is 2.84. The molecule has 0 saturated heterocycles. The molecule has 0 fully saturated rings. The number of para-hydroxylation sites is 1. The standard InChI is InChI=1S/C16H11F4N3/c1-8-10(9-4-2-3-5-13(9)22-8)7-21-23-16-14(19)11(17)6-12(18)15(16)20/h2-7,22-23H,1H3. The van der Waals surface area contributed by atoms with Gasteiger partial charge in [-0.05, 0) is 13.0 Å². The van der Waals surface area contributed by atoms with Gasteiger partial charge >= 0.3 is 0 Å². The van der Waals surface area contributed by atoms with E-state index in [1.54, 1.807) is 0 Å². The van der Waals surface area contributed by atoms with Gasteiger partial charge in [-0.2, -0.15) is 5.10 Å². The first-order chi connectivity index (χ1) is 11.0. The van der Waals surface area contributed by atoms with Crippen LogP contribution in [0.5, 0.6) is 0 Å². The summed E-state index contributed by atoms with van der Waals surface area (Å²) < 4.78 is 53.3. The number of hydrazone groups is 1. The number of aryl methyl sites for hydroxylation is 1. The number of H-pyrrole nitrogens is 1. The third-order valence-electron chi connectivity index (χ3n) is 3.43. The molecule has 0 aliphatic heterocycles. The Morgan fingerprint density at radius 3 is 2.39 bits per heavy atom. The van der Waals surface area contributed by atoms with Gasteiger partial charge < -0.3 is 4.98 Å². The highest BCUT2D eigenvalue weighted by Crippen LogP contribution is 2.24. The highest BCUT2D eigenvalue weighted by molar-refractivity contribution is 6.00. The normalized spacial score (nSPS) is 11.5. The quantitative estimate of drug-likeness (QED) is 0.317. The number of anilines is 1. The Hall–Kier alpha value is -2.83. The van der Waals surface area contributed by atoms with E-state index in [0.29, 0.717) is 5.56 Å². The monoisotopic (exact) mass is 321 g/mol. The summed E-state index contributed by atoms with van der Waals surface area (Å²) >= 11 is 0. The van der Waals surface area contributed by atoms with Crippen molar-refractivity contribution < 1.29 is 17.6 Å². The van der Waals surface area contributed by atoms with Crippen LogP contribution in [0, 0.1) is 30.2 Å². The van der Waals surface area contributed by atoms with Crippen molar-refractivity contribution in [2.45, 2.75) is 6.92 Å². The molecule has 7 heteroatoms. The minimum Gasteiger partial charge on any atom is -0.358 e. The first-order valence-corrected chi connectivity index (χ1v) is 6.68. The molecule has 0 radical (unpaired) electrons. The van der Waals surface area contributed by atoms with E-state index >= 15 is 0 Å². The van der Waals surface area contributed by atoms with Crippen LogP contribution < -0.4 is 5.43 Å². The number of benzene rings is 2. The number of nitrogens with zero attached hydrogens (tertiary/aromatic N) is 1. The fourth-order valence-electron chi connectivity index (χ4n) is 2.30. The van der Waals surface area contributed by atoms with Gasteiger partial charge in [-0.15, -0.1) is 0 Å². The van der Waals surface area contributed by atoms with E-state index in [-0.39, 0.29) is 6.07 Å². The largest absolute Gasteiger partial charge is 0.358 e. The maximum atomic E-state index is 13.5. The van der Waals surface area contributed by atoms with Crippen LogP contribution in [0.3, 0.4) is 0 Å². The van der Waals surface area contributed by atoms with Crippen LogP contribution in [0.25, 0.3) is 10.9 Å². The molecule has 2 aromatic carbocycles. The summed E-state index contributed by atoms with van der Waals surface area (Å²) in [6.07, 6.45) is 1.33. The smallest absolute Gasteiger partial charge is 0.186 e. The molecule has 0 atom stereocenters. The molecule has 3 nitrogen and oxygen atoms in total. The molecule has 0 saturated carbocycles. The minimum atomic E-state index is -1.53. The second-order valence-corrected chi connectivity index (χ2v) is 4.92. The number of rotatable bonds is 3. The summed E-state index contributed by atoms with van der Waals surface area (Å²) in [5.41, 5.74) is 3.41. The van der Waals surface area contributed by atoms with Crippen LogP contribution in [0.2, 0.25) is 0 Å². The van der Waals surface area contributed by atoms with Gasteiger partial charge in [0.15, 0.2) is 23.3 Å². The van der Waals surface area contributed by atoms with Crippen molar-refractivity contribution in [2.24, 2.45) is 5.10 Å². The highest BCUT2D eigenvalue weighted by Gasteiger charge is 2.18. The molecular formula is C16H11F4N3. The lowest BCUT2D eigenvalue weighted by atomic mass is 10.1. The van der Waals surface area contributed by atoms with E-state index in [1.807, 2.05) is 36.6 Å². The first kappa shape index (κ1) is 15.1. The lowest BCUT2D eigenvalue weighted by molar-refractivity contribution is 0.458. The molecular weight excluding hydrogens is 310 g/mol. The van der Waals surface area contributed by atoms with Gasteiger partial charge in [0.1, 0.15) is 5.69 Å². The fourth-order valence-corrected chi connectivity index (χ4v) is 2.30. The zero-order valence-electron chi connectivity index (χ0n) is 11.9. The number of fused-ring (bicyclic) bond motifs is 1. The number of halogens is 4. The second kappa shape index (κ2) is 5.75. The van der Waals surface area contributed by atoms with Crippen molar-refractivity contribution in [3.05, 3.63) is 64.9 Å². The molecule has 0 unspecified atom stereocenters. The lowest BCUT2D eigenvalue weighted by Crippen LogP contribution is -2.02. The first-order valence-electron chi connectivity index (χ1n) is 6.68. The fraction of sp³-hybridized carbons (Fsp3) is 0.0625. The van der Waals surface area contributed by atoms with Gasteiger partial charge in [0, 0.05) is 28.2 Å². The Labute approximate surface area is 128 Å². The summed E-state index contributed by atoms with van der Waals surface area (Å²) in [5.74, 6) is -6.05. The molecule has 1 aromatic heterocycles. The van der Waals surface area contributed by atoms with E-state index in [4.69, 9.17) is 0 Å². The zero-order chi connectivity index (χ0) is 16.6. The summed E-state index contributed by atoms with van der Waals surface area (Å²) in [4.78, 5) is 3.13. The Kier molecular flexibility index (Phi) is 3.77. The zero-order valence-corrected chi connectivity index (χ0v) is 11.9. The third-order valence-corrected chi connectivity index (χ3v) is 3.43.